The largest absolute Gasteiger partial charge is 0.507 e. The van der Waals surface area contributed by atoms with Crippen LogP contribution in [0.5, 0.6) is 5.75 Å². The summed E-state index contributed by atoms with van der Waals surface area (Å²) in [4.78, 5) is 19.3. The quantitative estimate of drug-likeness (QED) is 0.141. The number of phenolic OH excluding ortho intramolecular Hbond substituents is 1. The Labute approximate surface area is 301 Å². The second-order valence-corrected chi connectivity index (χ2v) is 12.6. The van der Waals surface area contributed by atoms with Crippen molar-refractivity contribution in [1.82, 2.24) is 29.3 Å². The van der Waals surface area contributed by atoms with Gasteiger partial charge in [-0.25, -0.2) is 15.0 Å². The lowest BCUT2D eigenvalue weighted by molar-refractivity contribution is 0.290. The van der Waals surface area contributed by atoms with E-state index < -0.39 is 0 Å². The molecular weight excluding hydrogens is 631 g/mol. The molecule has 1 unspecified atom stereocenters. The van der Waals surface area contributed by atoms with Gasteiger partial charge in [0.25, 0.3) is 0 Å². The molecule has 8 nitrogen and oxygen atoms in total. The van der Waals surface area contributed by atoms with Gasteiger partial charge in [-0.1, -0.05) is 75.5 Å². The van der Waals surface area contributed by atoms with E-state index in [9.17, 15) is 5.11 Å². The smallest absolute Gasteiger partial charge is 0.165 e. The van der Waals surface area contributed by atoms with Crippen molar-refractivity contribution in [3.05, 3.63) is 133 Å². The number of likely N-dealkylation sites (tertiary alicyclic amines) is 1. The first-order chi connectivity index (χ1) is 24.9. The highest BCUT2D eigenvalue weighted by molar-refractivity contribution is 5.84. The molecule has 3 N–H and O–H groups in total. The van der Waals surface area contributed by atoms with Gasteiger partial charge < -0.3 is 15.7 Å². The molecule has 1 aliphatic heterocycles. The number of nitrogens with zero attached hydrogens (tertiary/aromatic N) is 6. The summed E-state index contributed by atoms with van der Waals surface area (Å²) >= 11 is 0. The maximum atomic E-state index is 10.1. The summed E-state index contributed by atoms with van der Waals surface area (Å²) in [7, 11) is 0. The number of benzene rings is 3. The number of anilines is 1. The van der Waals surface area contributed by atoms with E-state index in [2.05, 4.69) is 75.8 Å². The van der Waals surface area contributed by atoms with Crippen molar-refractivity contribution in [3.63, 3.8) is 0 Å². The topological polar surface area (TPSA) is 96.3 Å². The lowest BCUT2D eigenvalue weighted by atomic mass is 10.0. The molecule has 0 spiro atoms. The Balaban J connectivity index is 0.00000220. The molecular formula is C43H47N7O. The summed E-state index contributed by atoms with van der Waals surface area (Å²) in [5, 5.41) is 10.1. The van der Waals surface area contributed by atoms with Crippen LogP contribution in [0.2, 0.25) is 0 Å². The minimum absolute atomic E-state index is 0.236. The summed E-state index contributed by atoms with van der Waals surface area (Å²) in [5.41, 5.74) is 15.6. The molecule has 3 aromatic heterocycles. The average molecular weight is 678 g/mol. The zero-order valence-electron chi connectivity index (χ0n) is 29.8. The van der Waals surface area contributed by atoms with E-state index in [1.54, 1.807) is 18.3 Å². The highest BCUT2D eigenvalue weighted by Gasteiger charge is 2.25. The zero-order valence-corrected chi connectivity index (χ0v) is 29.8. The van der Waals surface area contributed by atoms with E-state index in [0.29, 0.717) is 17.6 Å². The fourth-order valence-electron chi connectivity index (χ4n) is 6.79. The Morgan fingerprint density at radius 3 is 2.49 bits per heavy atom. The molecule has 6 aromatic rings. The van der Waals surface area contributed by atoms with Crippen molar-refractivity contribution in [1.29, 1.82) is 0 Å². The molecule has 4 heterocycles. The summed E-state index contributed by atoms with van der Waals surface area (Å²) < 4.78 is 2.09. The van der Waals surface area contributed by atoms with E-state index in [4.69, 9.17) is 15.7 Å². The zero-order chi connectivity index (χ0) is 35.9. The summed E-state index contributed by atoms with van der Waals surface area (Å²) in [6, 6.07) is 32.4. The fraction of sp³-hybridized carbons (Fsp3) is 0.233. The number of nitrogens with two attached hydrogens (primary N) is 1. The van der Waals surface area contributed by atoms with Crippen LogP contribution in [0, 0.1) is 5.92 Å². The van der Waals surface area contributed by atoms with Crippen LogP contribution in [-0.2, 0) is 6.54 Å². The van der Waals surface area contributed by atoms with Crippen LogP contribution in [0.1, 0.15) is 43.9 Å². The van der Waals surface area contributed by atoms with Crippen LogP contribution < -0.4 is 5.73 Å². The molecule has 1 fully saturated rings. The van der Waals surface area contributed by atoms with Gasteiger partial charge in [0.2, 0.25) is 0 Å². The van der Waals surface area contributed by atoms with Gasteiger partial charge in [0, 0.05) is 54.9 Å². The van der Waals surface area contributed by atoms with Gasteiger partial charge in [0.05, 0.1) is 11.3 Å². The Morgan fingerprint density at radius 2 is 1.76 bits per heavy atom. The first-order valence-corrected chi connectivity index (χ1v) is 17.8. The fourth-order valence-corrected chi connectivity index (χ4v) is 6.79. The number of aromatic hydroxyl groups is 1. The van der Waals surface area contributed by atoms with Crippen LogP contribution >= 0.6 is 0 Å². The Hall–Kier alpha value is -5.73. The van der Waals surface area contributed by atoms with Crippen LogP contribution in [0.4, 0.5) is 5.82 Å². The van der Waals surface area contributed by atoms with Crippen molar-refractivity contribution in [3.8, 4) is 34.1 Å². The highest BCUT2D eigenvalue weighted by atomic mass is 16.3. The second kappa shape index (κ2) is 15.9. The van der Waals surface area contributed by atoms with Gasteiger partial charge in [-0.3, -0.25) is 9.47 Å². The van der Waals surface area contributed by atoms with E-state index >= 15 is 0 Å². The molecule has 0 aliphatic carbocycles. The normalized spacial score (nSPS) is 14.2. The van der Waals surface area contributed by atoms with Crippen molar-refractivity contribution in [2.24, 2.45) is 5.92 Å². The number of pyridine rings is 2. The Kier molecular flexibility index (Phi) is 10.9. The van der Waals surface area contributed by atoms with Gasteiger partial charge in [0.1, 0.15) is 17.1 Å². The number of nitrogen functional groups attached to an aromatic ring is 1. The number of phenols is 1. The maximum Gasteiger partial charge on any atom is 0.165 e. The van der Waals surface area contributed by atoms with Crippen molar-refractivity contribution >= 4 is 28.8 Å². The van der Waals surface area contributed by atoms with Crippen molar-refractivity contribution in [2.75, 3.05) is 31.9 Å². The van der Waals surface area contributed by atoms with Crippen molar-refractivity contribution in [2.45, 2.75) is 33.7 Å². The number of rotatable bonds is 11. The van der Waals surface area contributed by atoms with Crippen molar-refractivity contribution < 1.29 is 5.11 Å². The van der Waals surface area contributed by atoms with Gasteiger partial charge in [-0.15, -0.1) is 0 Å². The average Bonchev–Trinajstić information content (AvgIpc) is 3.79. The molecule has 0 radical (unpaired) electrons. The molecule has 0 amide bonds. The lowest BCUT2D eigenvalue weighted by Crippen LogP contribution is -2.30. The molecule has 1 aliphatic rings. The van der Waals surface area contributed by atoms with Gasteiger partial charge >= 0.3 is 0 Å². The number of aromatic nitrogens is 4. The summed E-state index contributed by atoms with van der Waals surface area (Å²) in [6.45, 7) is 19.2. The summed E-state index contributed by atoms with van der Waals surface area (Å²) in [5.74, 6) is 1.92. The van der Waals surface area contributed by atoms with Crippen LogP contribution in [0.25, 0.3) is 51.3 Å². The molecule has 0 saturated carbocycles. The number of hydrogen-bond acceptors (Lipinski definition) is 7. The first kappa shape index (κ1) is 35.1. The molecule has 7 rings (SSSR count). The predicted molar refractivity (Wildman–Crippen MR) is 211 cm³/mol. The van der Waals surface area contributed by atoms with E-state index in [-0.39, 0.29) is 5.75 Å². The second-order valence-electron chi connectivity index (χ2n) is 12.6. The highest BCUT2D eigenvalue weighted by Crippen LogP contribution is 2.32. The SMILES string of the molecule is C=Cc1cc(C(=C)N(CC)CC2CCN(Cc3ccc(-n4c(-c5cccnc5N)nc5ccc(-c6ccccc6)nc54)cc3)C2)ccc1O.CC. The Morgan fingerprint density at radius 1 is 0.980 bits per heavy atom. The molecule has 8 heteroatoms. The molecule has 3 aromatic carbocycles. The van der Waals surface area contributed by atoms with E-state index in [0.717, 1.165) is 89.6 Å². The van der Waals surface area contributed by atoms with Crippen LogP contribution in [0.15, 0.2) is 116 Å². The van der Waals surface area contributed by atoms with E-state index in [1.165, 1.54) is 5.56 Å². The number of hydrogen-bond donors (Lipinski definition) is 2. The molecule has 0 bridgehead atoms. The minimum Gasteiger partial charge on any atom is -0.507 e. The van der Waals surface area contributed by atoms with E-state index in [1.807, 2.05) is 68.4 Å². The molecule has 260 valence electrons. The van der Waals surface area contributed by atoms with Gasteiger partial charge in [-0.2, -0.15) is 0 Å². The standard InChI is InChI=1S/C41H41N7O.C2H6/c1-4-31-24-33(15-20-38(31)49)28(3)47(5-2)27-30-21-23-46(26-30)25-29-13-16-34(17-14-29)48-40(35-12-9-22-43-39(35)42)45-37-19-18-36(44-41(37)48)32-10-7-6-8-11-32;1-2/h4,6-20,22,24,30,49H,1,3,5,21,23,25-27H2,2H3,(H2,42,43);1-2H3. The molecule has 51 heavy (non-hydrogen) atoms. The lowest BCUT2D eigenvalue weighted by Gasteiger charge is -2.29. The van der Waals surface area contributed by atoms with Crippen LogP contribution in [-0.4, -0.2) is 60.6 Å². The monoisotopic (exact) mass is 677 g/mol. The third-order valence-corrected chi connectivity index (χ3v) is 9.45. The molecule has 1 atom stereocenters. The number of fused-ring (bicyclic) bond motifs is 1. The Bertz CT molecular complexity index is 2120. The molecule has 1 saturated heterocycles. The summed E-state index contributed by atoms with van der Waals surface area (Å²) in [6.07, 6.45) is 4.51. The maximum absolute atomic E-state index is 10.1. The minimum atomic E-state index is 0.236. The third kappa shape index (κ3) is 7.56. The first-order valence-electron chi connectivity index (χ1n) is 17.8. The van der Waals surface area contributed by atoms with Gasteiger partial charge in [0.15, 0.2) is 11.5 Å². The predicted octanol–water partition coefficient (Wildman–Crippen LogP) is 8.92. The number of imidazole rings is 1. The van der Waals surface area contributed by atoms with Crippen LogP contribution in [0.3, 0.4) is 0 Å². The van der Waals surface area contributed by atoms with Gasteiger partial charge in [-0.05, 0) is 91.5 Å². The third-order valence-electron chi connectivity index (χ3n) is 9.45.